The lowest BCUT2D eigenvalue weighted by atomic mass is 10.1. The van der Waals surface area contributed by atoms with E-state index in [1.807, 2.05) is 6.92 Å². The Hall–Kier alpha value is -2.46. The van der Waals surface area contributed by atoms with Gasteiger partial charge >= 0.3 is 5.97 Å². The molecule has 0 saturated carbocycles. The molecule has 0 fully saturated rings. The van der Waals surface area contributed by atoms with E-state index in [0.717, 1.165) is 11.1 Å². The Labute approximate surface area is 140 Å². The number of esters is 1. The number of aryl methyl sites for hydroxylation is 1. The molecule has 0 N–H and O–H groups in total. The minimum atomic E-state index is -0.482. The van der Waals surface area contributed by atoms with E-state index < -0.39 is 5.97 Å². The molecule has 23 heavy (non-hydrogen) atoms. The maximum Gasteiger partial charge on any atom is 0.336 e. The quantitative estimate of drug-likeness (QED) is 0.465. The van der Waals surface area contributed by atoms with Crippen molar-refractivity contribution in [2.45, 2.75) is 6.92 Å². The lowest BCUT2D eigenvalue weighted by Gasteiger charge is -2.07. The molecule has 0 amide bonds. The van der Waals surface area contributed by atoms with E-state index in [4.69, 9.17) is 25.8 Å². The van der Waals surface area contributed by atoms with Gasteiger partial charge in [0, 0.05) is 22.7 Å². The van der Waals surface area contributed by atoms with Crippen molar-refractivity contribution >= 4 is 23.6 Å². The number of benzene rings is 2. The van der Waals surface area contributed by atoms with Gasteiger partial charge in [0.2, 0.25) is 0 Å². The van der Waals surface area contributed by atoms with E-state index >= 15 is 0 Å². The standard InChI is InChI=1S/C18H17ClO4/c1-12-10-15(7-8-16(12)19)23-18(20)9-5-13-4-6-14(21-2)11-17(13)22-3/h4-11H,1-3H3. The van der Waals surface area contributed by atoms with Crippen LogP contribution in [-0.2, 0) is 4.79 Å². The summed E-state index contributed by atoms with van der Waals surface area (Å²) in [5, 5.41) is 0.628. The Balaban J connectivity index is 2.10. The van der Waals surface area contributed by atoms with Crippen molar-refractivity contribution in [2.24, 2.45) is 0 Å². The first-order chi connectivity index (χ1) is 11.0. The summed E-state index contributed by atoms with van der Waals surface area (Å²) < 4.78 is 15.6. The second kappa shape index (κ2) is 7.70. The maximum absolute atomic E-state index is 11.9. The molecule has 0 aliphatic carbocycles. The van der Waals surface area contributed by atoms with E-state index in [0.29, 0.717) is 22.3 Å². The van der Waals surface area contributed by atoms with Gasteiger partial charge in [-0.15, -0.1) is 0 Å². The second-order valence-electron chi connectivity index (χ2n) is 4.77. The van der Waals surface area contributed by atoms with E-state index in [1.54, 1.807) is 56.7 Å². The first-order valence-corrected chi connectivity index (χ1v) is 7.29. The predicted octanol–water partition coefficient (Wildman–Crippen LogP) is 4.28. The monoisotopic (exact) mass is 332 g/mol. The van der Waals surface area contributed by atoms with Gasteiger partial charge in [-0.25, -0.2) is 4.79 Å². The van der Waals surface area contributed by atoms with Gasteiger partial charge in [-0.2, -0.15) is 0 Å². The Morgan fingerprint density at radius 3 is 2.43 bits per heavy atom. The Morgan fingerprint density at radius 1 is 1.04 bits per heavy atom. The lowest BCUT2D eigenvalue weighted by Crippen LogP contribution is -2.03. The van der Waals surface area contributed by atoms with Gasteiger partial charge in [0.15, 0.2) is 0 Å². The Kier molecular flexibility index (Phi) is 5.66. The second-order valence-corrected chi connectivity index (χ2v) is 5.18. The van der Waals surface area contributed by atoms with E-state index in [-0.39, 0.29) is 0 Å². The number of carbonyl (C=O) groups excluding carboxylic acids is 1. The number of hydrogen-bond donors (Lipinski definition) is 0. The van der Waals surface area contributed by atoms with Gasteiger partial charge in [-0.3, -0.25) is 0 Å². The molecule has 2 rings (SSSR count). The average molecular weight is 333 g/mol. The first kappa shape index (κ1) is 16.9. The van der Waals surface area contributed by atoms with Crippen LogP contribution in [0, 0.1) is 6.92 Å². The van der Waals surface area contributed by atoms with Gasteiger partial charge in [0.25, 0.3) is 0 Å². The van der Waals surface area contributed by atoms with Gasteiger partial charge < -0.3 is 14.2 Å². The van der Waals surface area contributed by atoms with Crippen LogP contribution < -0.4 is 14.2 Å². The molecule has 0 saturated heterocycles. The van der Waals surface area contributed by atoms with Crippen molar-refractivity contribution in [1.29, 1.82) is 0 Å². The molecule has 2 aromatic rings. The summed E-state index contributed by atoms with van der Waals surface area (Å²) in [6.07, 6.45) is 2.97. The molecule has 0 atom stereocenters. The molecular weight excluding hydrogens is 316 g/mol. The van der Waals surface area contributed by atoms with Crippen molar-refractivity contribution in [2.75, 3.05) is 14.2 Å². The van der Waals surface area contributed by atoms with E-state index in [1.165, 1.54) is 6.08 Å². The molecule has 0 bridgehead atoms. The molecule has 0 heterocycles. The SMILES string of the molecule is COc1ccc(C=CC(=O)Oc2ccc(Cl)c(C)c2)c(OC)c1. The highest BCUT2D eigenvalue weighted by Crippen LogP contribution is 2.26. The molecule has 2 aromatic carbocycles. The maximum atomic E-state index is 11.9. The molecule has 120 valence electrons. The van der Waals surface area contributed by atoms with E-state index in [9.17, 15) is 4.79 Å². The van der Waals surface area contributed by atoms with Gasteiger partial charge in [0.1, 0.15) is 17.2 Å². The summed E-state index contributed by atoms with van der Waals surface area (Å²) in [4.78, 5) is 11.9. The molecule has 0 radical (unpaired) electrons. The minimum absolute atomic E-state index is 0.447. The van der Waals surface area contributed by atoms with Crippen LogP contribution in [0.3, 0.4) is 0 Å². The zero-order valence-corrected chi connectivity index (χ0v) is 13.9. The highest BCUT2D eigenvalue weighted by Gasteiger charge is 2.05. The van der Waals surface area contributed by atoms with Crippen molar-refractivity contribution in [3.05, 3.63) is 58.6 Å². The van der Waals surface area contributed by atoms with Crippen LogP contribution in [0.5, 0.6) is 17.2 Å². The third-order valence-electron chi connectivity index (χ3n) is 3.19. The van der Waals surface area contributed by atoms with Crippen molar-refractivity contribution in [3.8, 4) is 17.2 Å². The lowest BCUT2D eigenvalue weighted by molar-refractivity contribution is -0.128. The number of rotatable bonds is 5. The van der Waals surface area contributed by atoms with Crippen molar-refractivity contribution in [3.63, 3.8) is 0 Å². The van der Waals surface area contributed by atoms with Crippen LogP contribution in [0.1, 0.15) is 11.1 Å². The largest absolute Gasteiger partial charge is 0.497 e. The number of ether oxygens (including phenoxy) is 3. The van der Waals surface area contributed by atoms with Crippen LogP contribution in [0.2, 0.25) is 5.02 Å². The topological polar surface area (TPSA) is 44.8 Å². The Bertz CT molecular complexity index is 738. The van der Waals surface area contributed by atoms with Crippen LogP contribution in [0.25, 0.3) is 6.08 Å². The zero-order valence-electron chi connectivity index (χ0n) is 13.1. The van der Waals surface area contributed by atoms with Crippen LogP contribution in [0.4, 0.5) is 0 Å². The number of methoxy groups -OCH3 is 2. The first-order valence-electron chi connectivity index (χ1n) is 6.91. The van der Waals surface area contributed by atoms with E-state index in [2.05, 4.69) is 0 Å². The summed E-state index contributed by atoms with van der Waals surface area (Å²) in [5.41, 5.74) is 1.59. The third kappa shape index (κ3) is 4.50. The third-order valence-corrected chi connectivity index (χ3v) is 3.61. The van der Waals surface area contributed by atoms with Gasteiger partial charge in [-0.1, -0.05) is 11.6 Å². The number of hydrogen-bond acceptors (Lipinski definition) is 4. The predicted molar refractivity (Wildman–Crippen MR) is 90.4 cm³/mol. The van der Waals surface area contributed by atoms with Gasteiger partial charge in [-0.05, 0) is 48.9 Å². The molecular formula is C18H17ClO4. The average Bonchev–Trinajstić information content (AvgIpc) is 2.56. The Morgan fingerprint density at radius 2 is 1.78 bits per heavy atom. The summed E-state index contributed by atoms with van der Waals surface area (Å²) >= 11 is 5.94. The summed E-state index contributed by atoms with van der Waals surface area (Å²) in [5.74, 6) is 1.25. The van der Waals surface area contributed by atoms with Gasteiger partial charge in [0.05, 0.1) is 14.2 Å². The number of halogens is 1. The fourth-order valence-electron chi connectivity index (χ4n) is 1.94. The fraction of sp³-hybridized carbons (Fsp3) is 0.167. The number of carbonyl (C=O) groups is 1. The normalized spacial score (nSPS) is 10.6. The van der Waals surface area contributed by atoms with Crippen molar-refractivity contribution < 1.29 is 19.0 Å². The molecule has 0 aliphatic heterocycles. The summed E-state index contributed by atoms with van der Waals surface area (Å²) in [6, 6.07) is 10.4. The molecule has 0 aliphatic rings. The molecule has 0 spiro atoms. The fourth-order valence-corrected chi connectivity index (χ4v) is 2.06. The van der Waals surface area contributed by atoms with Crippen LogP contribution in [-0.4, -0.2) is 20.2 Å². The summed E-state index contributed by atoms with van der Waals surface area (Å²) in [7, 11) is 3.14. The zero-order chi connectivity index (χ0) is 16.8. The molecule has 0 unspecified atom stereocenters. The molecule has 5 heteroatoms. The highest BCUT2D eigenvalue weighted by atomic mass is 35.5. The van der Waals surface area contributed by atoms with Crippen molar-refractivity contribution in [1.82, 2.24) is 0 Å². The highest BCUT2D eigenvalue weighted by molar-refractivity contribution is 6.31. The molecule has 0 aromatic heterocycles. The summed E-state index contributed by atoms with van der Waals surface area (Å²) in [6.45, 7) is 1.84. The van der Waals surface area contributed by atoms with Crippen LogP contribution >= 0.6 is 11.6 Å². The smallest absolute Gasteiger partial charge is 0.336 e. The molecule has 4 nitrogen and oxygen atoms in total. The minimum Gasteiger partial charge on any atom is -0.497 e. The van der Waals surface area contributed by atoms with Crippen LogP contribution in [0.15, 0.2) is 42.5 Å².